The third-order valence-corrected chi connectivity index (χ3v) is 4.22. The van der Waals surface area contributed by atoms with Crippen LogP contribution in [0.4, 0.5) is 18.0 Å². The fraction of sp³-hybridized carbons (Fsp3) is 0.750. The number of nitrogens with zero attached hydrogens (tertiary/aromatic N) is 3. The summed E-state index contributed by atoms with van der Waals surface area (Å²) in [5.41, 5.74) is -0.870. The minimum absolute atomic E-state index is 0.0989. The van der Waals surface area contributed by atoms with Gasteiger partial charge in [0.15, 0.2) is 5.69 Å². The number of likely N-dealkylation sites (tertiary alicyclic amines) is 1. The molecule has 8 heteroatoms. The molecule has 0 spiro atoms. The number of aromatic nitrogens is 2. The van der Waals surface area contributed by atoms with Gasteiger partial charge in [0.1, 0.15) is 0 Å². The molecule has 0 aliphatic carbocycles. The summed E-state index contributed by atoms with van der Waals surface area (Å²) in [4.78, 5) is 13.9. The van der Waals surface area contributed by atoms with Crippen LogP contribution in [-0.2, 0) is 6.18 Å². The number of hydrogen-bond donors (Lipinski definition) is 1. The van der Waals surface area contributed by atoms with E-state index in [1.165, 1.54) is 10.9 Å². The molecule has 136 valence electrons. The van der Waals surface area contributed by atoms with E-state index < -0.39 is 11.9 Å². The smallest absolute Gasteiger partial charge is 0.336 e. The Morgan fingerprint density at radius 2 is 1.96 bits per heavy atom. The highest BCUT2D eigenvalue weighted by atomic mass is 19.4. The Bertz CT molecular complexity index is 548. The van der Waals surface area contributed by atoms with Crippen molar-refractivity contribution in [1.82, 2.24) is 20.0 Å². The Labute approximate surface area is 140 Å². The van der Waals surface area contributed by atoms with Gasteiger partial charge in [-0.3, -0.25) is 4.68 Å². The number of alkyl halides is 3. The van der Waals surface area contributed by atoms with Crippen molar-refractivity contribution in [3.05, 3.63) is 18.0 Å². The van der Waals surface area contributed by atoms with Crippen LogP contribution in [-0.4, -0.2) is 39.8 Å². The number of carbonyl (C=O) groups excluding carboxylic acids is 1. The average Bonchev–Trinajstić information content (AvgIpc) is 2.96. The molecular weight excluding hydrogens is 321 g/mol. The predicted molar refractivity (Wildman–Crippen MR) is 84.5 cm³/mol. The van der Waals surface area contributed by atoms with Crippen LogP contribution < -0.4 is 5.32 Å². The van der Waals surface area contributed by atoms with Crippen LogP contribution in [0.25, 0.3) is 0 Å². The van der Waals surface area contributed by atoms with Gasteiger partial charge < -0.3 is 10.2 Å². The van der Waals surface area contributed by atoms with Crippen LogP contribution in [0, 0.1) is 5.92 Å². The highest BCUT2D eigenvalue weighted by Gasteiger charge is 2.34. The molecule has 0 aromatic carbocycles. The molecule has 2 amide bonds. The van der Waals surface area contributed by atoms with Crippen LogP contribution in [0.15, 0.2) is 12.3 Å². The molecule has 1 aliphatic rings. The summed E-state index contributed by atoms with van der Waals surface area (Å²) in [5, 5.41) is 6.60. The third kappa shape index (κ3) is 4.88. The Hall–Kier alpha value is -1.73. The second-order valence-electron chi connectivity index (χ2n) is 6.88. The lowest BCUT2D eigenvalue weighted by atomic mass is 10.0. The van der Waals surface area contributed by atoms with Crippen molar-refractivity contribution < 1.29 is 18.0 Å². The number of hydrogen-bond acceptors (Lipinski definition) is 2. The van der Waals surface area contributed by atoms with E-state index in [1.54, 1.807) is 4.90 Å². The standard InChI is InChI=1S/C16H25F3N4O/c1-11(2)10-12(3)20-15(24)22-7-4-13(5-8-22)23-9-6-14(21-23)16(17,18)19/h6,9,11-13H,4-5,7-8,10H2,1-3H3,(H,20,24)/t12-/m0/s1. The van der Waals surface area contributed by atoms with Gasteiger partial charge in [-0.05, 0) is 38.2 Å². The summed E-state index contributed by atoms with van der Waals surface area (Å²) in [7, 11) is 0. The van der Waals surface area contributed by atoms with E-state index >= 15 is 0 Å². The summed E-state index contributed by atoms with van der Waals surface area (Å²) in [5.74, 6) is 0.508. The van der Waals surface area contributed by atoms with E-state index in [0.717, 1.165) is 12.5 Å². The summed E-state index contributed by atoms with van der Waals surface area (Å²) >= 11 is 0. The topological polar surface area (TPSA) is 50.2 Å². The van der Waals surface area contributed by atoms with Gasteiger partial charge in [-0.15, -0.1) is 0 Å². The summed E-state index contributed by atoms with van der Waals surface area (Å²) in [6, 6.07) is 0.902. The molecule has 2 heterocycles. The van der Waals surface area contributed by atoms with Crippen molar-refractivity contribution >= 4 is 6.03 Å². The SMILES string of the molecule is CC(C)C[C@H](C)NC(=O)N1CCC(n2ccc(C(F)(F)F)n2)CC1. The van der Waals surface area contributed by atoms with Gasteiger partial charge in [0.05, 0.1) is 6.04 Å². The largest absolute Gasteiger partial charge is 0.435 e. The van der Waals surface area contributed by atoms with Gasteiger partial charge in [-0.25, -0.2) is 4.79 Å². The molecule has 0 bridgehead atoms. The fourth-order valence-electron chi connectivity index (χ4n) is 3.09. The maximum Gasteiger partial charge on any atom is 0.435 e. The predicted octanol–water partition coefficient (Wildman–Crippen LogP) is 3.68. The molecule has 24 heavy (non-hydrogen) atoms. The van der Waals surface area contributed by atoms with E-state index in [9.17, 15) is 18.0 Å². The number of rotatable bonds is 4. The first-order valence-corrected chi connectivity index (χ1v) is 8.34. The molecule has 0 unspecified atom stereocenters. The number of piperidine rings is 1. The Morgan fingerprint density at radius 3 is 2.46 bits per heavy atom. The first-order chi connectivity index (χ1) is 11.2. The van der Waals surface area contributed by atoms with E-state index in [4.69, 9.17) is 0 Å². The van der Waals surface area contributed by atoms with Crippen LogP contribution in [0.5, 0.6) is 0 Å². The third-order valence-electron chi connectivity index (χ3n) is 4.22. The zero-order chi connectivity index (χ0) is 17.9. The lowest BCUT2D eigenvalue weighted by Crippen LogP contribution is -2.47. The second kappa shape index (κ2) is 7.44. The van der Waals surface area contributed by atoms with Crippen LogP contribution in [0.3, 0.4) is 0 Å². The van der Waals surface area contributed by atoms with Crippen molar-refractivity contribution in [2.24, 2.45) is 5.92 Å². The fourth-order valence-corrected chi connectivity index (χ4v) is 3.09. The molecule has 1 saturated heterocycles. The highest BCUT2D eigenvalue weighted by molar-refractivity contribution is 5.74. The molecule has 0 radical (unpaired) electrons. The minimum Gasteiger partial charge on any atom is -0.336 e. The monoisotopic (exact) mass is 346 g/mol. The molecule has 5 nitrogen and oxygen atoms in total. The van der Waals surface area contributed by atoms with Crippen molar-refractivity contribution in [3.8, 4) is 0 Å². The molecule has 2 rings (SSSR count). The van der Waals surface area contributed by atoms with E-state index in [0.29, 0.717) is 31.8 Å². The number of amides is 2. The first kappa shape index (κ1) is 18.6. The van der Waals surface area contributed by atoms with Crippen molar-refractivity contribution in [1.29, 1.82) is 0 Å². The second-order valence-corrected chi connectivity index (χ2v) is 6.88. The van der Waals surface area contributed by atoms with Gasteiger partial charge in [0.2, 0.25) is 0 Å². The molecule has 1 aromatic rings. The minimum atomic E-state index is -4.42. The maximum atomic E-state index is 12.6. The van der Waals surface area contributed by atoms with E-state index in [1.807, 2.05) is 6.92 Å². The highest BCUT2D eigenvalue weighted by Crippen LogP contribution is 2.29. The molecule has 0 saturated carbocycles. The van der Waals surface area contributed by atoms with Gasteiger partial charge in [-0.2, -0.15) is 18.3 Å². The Kier molecular flexibility index (Phi) is 5.77. The number of halogens is 3. The molecular formula is C16H25F3N4O. The van der Waals surface area contributed by atoms with Gasteiger partial charge in [0.25, 0.3) is 0 Å². The Morgan fingerprint density at radius 1 is 1.33 bits per heavy atom. The molecule has 1 aromatic heterocycles. The van der Waals surface area contributed by atoms with Crippen molar-refractivity contribution in [3.63, 3.8) is 0 Å². The molecule has 1 aliphatic heterocycles. The molecule has 1 N–H and O–H groups in total. The maximum absolute atomic E-state index is 12.6. The van der Waals surface area contributed by atoms with E-state index in [2.05, 4.69) is 24.3 Å². The number of nitrogens with one attached hydrogen (secondary N) is 1. The molecule has 1 atom stereocenters. The summed E-state index contributed by atoms with van der Waals surface area (Å²) < 4.78 is 39.2. The van der Waals surface area contributed by atoms with Gasteiger partial charge >= 0.3 is 12.2 Å². The van der Waals surface area contributed by atoms with Crippen molar-refractivity contribution in [2.75, 3.05) is 13.1 Å². The number of carbonyl (C=O) groups is 1. The first-order valence-electron chi connectivity index (χ1n) is 8.34. The number of urea groups is 1. The zero-order valence-electron chi connectivity index (χ0n) is 14.3. The van der Waals surface area contributed by atoms with Gasteiger partial charge in [-0.1, -0.05) is 13.8 Å². The van der Waals surface area contributed by atoms with Gasteiger partial charge in [0, 0.05) is 25.3 Å². The molecule has 1 fully saturated rings. The average molecular weight is 346 g/mol. The summed E-state index contributed by atoms with van der Waals surface area (Å²) in [6.45, 7) is 7.23. The lowest BCUT2D eigenvalue weighted by molar-refractivity contribution is -0.141. The quantitative estimate of drug-likeness (QED) is 0.904. The summed E-state index contributed by atoms with van der Waals surface area (Å²) in [6.07, 6.45) is -0.933. The lowest BCUT2D eigenvalue weighted by Gasteiger charge is -2.33. The van der Waals surface area contributed by atoms with Crippen LogP contribution in [0.1, 0.15) is 51.8 Å². The Balaban J connectivity index is 1.85. The van der Waals surface area contributed by atoms with Crippen molar-refractivity contribution in [2.45, 2.75) is 58.3 Å². The van der Waals surface area contributed by atoms with Crippen LogP contribution in [0.2, 0.25) is 0 Å². The van der Waals surface area contributed by atoms with Crippen LogP contribution >= 0.6 is 0 Å². The zero-order valence-corrected chi connectivity index (χ0v) is 14.3. The van der Waals surface area contributed by atoms with E-state index in [-0.39, 0.29) is 18.1 Å². The normalized spacial score (nSPS) is 18.0.